The van der Waals surface area contributed by atoms with E-state index < -0.39 is 17.9 Å². The summed E-state index contributed by atoms with van der Waals surface area (Å²) in [4.78, 5) is 30.4. The Hall–Kier alpha value is -1.59. The van der Waals surface area contributed by atoms with Gasteiger partial charge in [-0.15, -0.1) is 0 Å². The molecular weight excluding hydrogens is 456 g/mol. The molecule has 216 valence electrons. The highest BCUT2D eigenvalue weighted by molar-refractivity contribution is 5.67. The molecule has 0 aliphatic heterocycles. The van der Waals surface area contributed by atoms with Crippen LogP contribution in [0.15, 0.2) is 0 Å². The van der Waals surface area contributed by atoms with E-state index in [9.17, 15) is 14.4 Å². The maximum absolute atomic E-state index is 10.1. The average Bonchev–Trinajstić information content (AvgIpc) is 2.83. The van der Waals surface area contributed by atoms with Gasteiger partial charge in [-0.05, 0) is 19.3 Å². The van der Waals surface area contributed by atoms with Crippen LogP contribution in [0.1, 0.15) is 175 Å². The van der Waals surface area contributed by atoms with E-state index in [1.54, 1.807) is 0 Å². The second kappa shape index (κ2) is 35.6. The lowest BCUT2D eigenvalue weighted by molar-refractivity contribution is -0.138. The van der Waals surface area contributed by atoms with E-state index in [1.165, 1.54) is 96.3 Å². The Labute approximate surface area is 222 Å². The molecule has 0 amide bonds. The Morgan fingerprint density at radius 2 is 0.500 bits per heavy atom. The molecule has 0 aliphatic rings. The highest BCUT2D eigenvalue weighted by Crippen LogP contribution is 2.09. The van der Waals surface area contributed by atoms with Crippen molar-refractivity contribution in [2.24, 2.45) is 0 Å². The van der Waals surface area contributed by atoms with E-state index >= 15 is 0 Å². The van der Waals surface area contributed by atoms with Crippen molar-refractivity contribution in [2.45, 2.75) is 175 Å². The van der Waals surface area contributed by atoms with Crippen LogP contribution in [0.25, 0.3) is 0 Å². The predicted molar refractivity (Wildman–Crippen MR) is 151 cm³/mol. The van der Waals surface area contributed by atoms with Crippen LogP contribution in [0.2, 0.25) is 0 Å². The number of aliphatic carboxylic acids is 3. The van der Waals surface area contributed by atoms with Gasteiger partial charge >= 0.3 is 17.9 Å². The first kappa shape index (κ1) is 38.9. The zero-order chi connectivity index (χ0) is 27.7. The largest absolute Gasteiger partial charge is 0.481 e. The second-order valence-corrected chi connectivity index (χ2v) is 9.80. The third-order valence-electron chi connectivity index (χ3n) is 5.98. The Bertz CT molecular complexity index is 398. The lowest BCUT2D eigenvalue weighted by Gasteiger charge is -1.98. The molecule has 0 rings (SSSR count). The topological polar surface area (TPSA) is 112 Å². The predicted octanol–water partition coefficient (Wildman–Crippen LogP) is 9.64. The summed E-state index contributed by atoms with van der Waals surface area (Å²) in [6.07, 6.45) is 25.9. The molecule has 0 spiro atoms. The standard InChI is InChI=1S/3C10H20O2/c3*1-2-3-4-5-6-7-8-9-10(11)12/h3*2-9H2,1H3,(H,11,12). The minimum absolute atomic E-state index is 0.341. The number of unbranched alkanes of at least 4 members (excludes halogenated alkanes) is 18. The Balaban J connectivity index is -0.000000454. The Kier molecular flexibility index (Phi) is 38.5. The van der Waals surface area contributed by atoms with E-state index in [0.29, 0.717) is 19.3 Å². The first-order valence-electron chi connectivity index (χ1n) is 15.0. The number of hydrogen-bond donors (Lipinski definition) is 3. The van der Waals surface area contributed by atoms with E-state index in [4.69, 9.17) is 15.3 Å². The van der Waals surface area contributed by atoms with Crippen LogP contribution in [0, 0.1) is 0 Å². The molecule has 6 nitrogen and oxygen atoms in total. The van der Waals surface area contributed by atoms with Gasteiger partial charge in [0.25, 0.3) is 0 Å². The first-order valence-corrected chi connectivity index (χ1v) is 15.0. The van der Waals surface area contributed by atoms with Crippen molar-refractivity contribution in [2.75, 3.05) is 0 Å². The second-order valence-electron chi connectivity index (χ2n) is 9.80. The first-order chi connectivity index (χ1) is 17.3. The molecule has 0 fully saturated rings. The summed E-state index contributed by atoms with van der Waals surface area (Å²) in [6.45, 7) is 6.60. The fourth-order valence-electron chi connectivity index (χ4n) is 3.70. The molecule has 0 unspecified atom stereocenters. The van der Waals surface area contributed by atoms with Gasteiger partial charge in [0.05, 0.1) is 0 Å². The maximum Gasteiger partial charge on any atom is 0.303 e. The fourth-order valence-corrected chi connectivity index (χ4v) is 3.70. The van der Waals surface area contributed by atoms with E-state index in [2.05, 4.69) is 20.8 Å². The molecule has 3 N–H and O–H groups in total. The molecule has 0 aromatic heterocycles. The third kappa shape index (κ3) is 49.5. The van der Waals surface area contributed by atoms with Crippen LogP contribution in [-0.2, 0) is 14.4 Å². The van der Waals surface area contributed by atoms with Gasteiger partial charge in [0.15, 0.2) is 0 Å². The van der Waals surface area contributed by atoms with Gasteiger partial charge in [0.1, 0.15) is 0 Å². The highest BCUT2D eigenvalue weighted by Gasteiger charge is 1.97. The molecule has 0 aromatic carbocycles. The van der Waals surface area contributed by atoms with Gasteiger partial charge in [-0.3, -0.25) is 14.4 Å². The molecule has 0 aromatic rings. The number of carboxylic acid groups (broad SMARTS) is 3. The molecule has 0 saturated carbocycles. The summed E-state index contributed by atoms with van der Waals surface area (Å²) in [5, 5.41) is 25.1. The van der Waals surface area contributed by atoms with Crippen LogP contribution in [0.4, 0.5) is 0 Å². The van der Waals surface area contributed by atoms with Gasteiger partial charge in [-0.25, -0.2) is 0 Å². The number of hydrogen-bond acceptors (Lipinski definition) is 3. The molecule has 0 atom stereocenters. The summed E-state index contributed by atoms with van der Waals surface area (Å²) < 4.78 is 0. The summed E-state index contributed by atoms with van der Waals surface area (Å²) in [5.74, 6) is -1.99. The quantitative estimate of drug-likeness (QED) is 0.110. The fraction of sp³-hybridized carbons (Fsp3) is 0.900. The highest BCUT2D eigenvalue weighted by atomic mass is 16.4. The van der Waals surface area contributed by atoms with Crippen molar-refractivity contribution in [1.82, 2.24) is 0 Å². The zero-order valence-electron chi connectivity index (χ0n) is 24.0. The summed E-state index contributed by atoms with van der Waals surface area (Å²) in [5.41, 5.74) is 0. The van der Waals surface area contributed by atoms with Crippen molar-refractivity contribution in [3.05, 3.63) is 0 Å². The van der Waals surface area contributed by atoms with Crippen LogP contribution < -0.4 is 0 Å². The molecule has 0 saturated heterocycles. The minimum Gasteiger partial charge on any atom is -0.481 e. The molecular formula is C30H60O6. The number of rotatable bonds is 24. The average molecular weight is 517 g/mol. The van der Waals surface area contributed by atoms with Gasteiger partial charge < -0.3 is 15.3 Å². The van der Waals surface area contributed by atoms with Gasteiger partial charge in [-0.2, -0.15) is 0 Å². The van der Waals surface area contributed by atoms with Crippen molar-refractivity contribution in [1.29, 1.82) is 0 Å². The molecule has 6 heteroatoms. The molecule has 36 heavy (non-hydrogen) atoms. The van der Waals surface area contributed by atoms with Crippen molar-refractivity contribution >= 4 is 17.9 Å². The maximum atomic E-state index is 10.1. The van der Waals surface area contributed by atoms with Crippen molar-refractivity contribution < 1.29 is 29.7 Å². The van der Waals surface area contributed by atoms with Crippen LogP contribution in [0.3, 0.4) is 0 Å². The SMILES string of the molecule is CCCCCCCCCC(=O)O.CCCCCCCCCC(=O)O.CCCCCCCCCC(=O)O. The van der Waals surface area contributed by atoms with Gasteiger partial charge in [-0.1, -0.05) is 136 Å². The molecule has 0 bridgehead atoms. The minimum atomic E-state index is -0.663. The van der Waals surface area contributed by atoms with E-state index in [1.807, 2.05) is 0 Å². The van der Waals surface area contributed by atoms with Crippen molar-refractivity contribution in [3.8, 4) is 0 Å². The molecule has 0 heterocycles. The lowest BCUT2D eigenvalue weighted by Crippen LogP contribution is -1.93. The molecule has 0 aliphatic carbocycles. The van der Waals surface area contributed by atoms with Gasteiger partial charge in [0.2, 0.25) is 0 Å². The van der Waals surface area contributed by atoms with Crippen LogP contribution in [0.5, 0.6) is 0 Å². The zero-order valence-corrected chi connectivity index (χ0v) is 24.0. The lowest BCUT2D eigenvalue weighted by atomic mass is 10.1. The van der Waals surface area contributed by atoms with Gasteiger partial charge in [0, 0.05) is 19.3 Å². The third-order valence-corrected chi connectivity index (χ3v) is 5.98. The smallest absolute Gasteiger partial charge is 0.303 e. The summed E-state index contributed by atoms with van der Waals surface area (Å²) in [6, 6.07) is 0. The Morgan fingerprint density at radius 1 is 0.333 bits per heavy atom. The summed E-state index contributed by atoms with van der Waals surface area (Å²) in [7, 11) is 0. The van der Waals surface area contributed by atoms with E-state index in [0.717, 1.165) is 38.5 Å². The summed E-state index contributed by atoms with van der Waals surface area (Å²) >= 11 is 0. The monoisotopic (exact) mass is 516 g/mol. The Morgan fingerprint density at radius 3 is 0.667 bits per heavy atom. The normalized spacial score (nSPS) is 10.1. The van der Waals surface area contributed by atoms with Crippen LogP contribution >= 0.6 is 0 Å². The molecule has 0 radical (unpaired) electrons. The van der Waals surface area contributed by atoms with Crippen LogP contribution in [-0.4, -0.2) is 33.2 Å². The van der Waals surface area contributed by atoms with Crippen molar-refractivity contribution in [3.63, 3.8) is 0 Å². The number of carbonyl (C=O) groups is 3. The van der Waals surface area contributed by atoms with E-state index in [-0.39, 0.29) is 0 Å². The number of carboxylic acids is 3.